The number of amides is 1. The molecule has 0 spiro atoms. The van der Waals surface area contributed by atoms with Gasteiger partial charge < -0.3 is 14.2 Å². The molecule has 0 N–H and O–H groups in total. The first-order valence-corrected chi connectivity index (χ1v) is 11.1. The standard InChI is InChI=1S/C24H26N2O3S/c1-16-12-13-26(22-6-4-5-7-23(22)30-16)24(27)14-19-8-10-20(11-9-19)28-15-21-17(2)25-29-18(21)3/h4-11,16H,12-15H2,1-3H3/t16-/m1/s1. The average molecular weight is 423 g/mol. The number of aryl methyl sites for hydroxylation is 2. The summed E-state index contributed by atoms with van der Waals surface area (Å²) in [5.41, 5.74) is 3.82. The van der Waals surface area contributed by atoms with E-state index in [0.717, 1.165) is 47.0 Å². The summed E-state index contributed by atoms with van der Waals surface area (Å²) in [7, 11) is 0. The summed E-state index contributed by atoms with van der Waals surface area (Å²) in [6.07, 6.45) is 1.36. The number of hydrogen-bond acceptors (Lipinski definition) is 5. The average Bonchev–Trinajstić information content (AvgIpc) is 2.95. The Bertz CT molecular complexity index is 1010. The highest BCUT2D eigenvalue weighted by atomic mass is 32.2. The maximum absolute atomic E-state index is 13.1. The van der Waals surface area contributed by atoms with Crippen molar-refractivity contribution in [3.8, 4) is 5.75 Å². The second-order valence-corrected chi connectivity index (χ2v) is 9.12. The monoisotopic (exact) mass is 422 g/mol. The fourth-order valence-electron chi connectivity index (χ4n) is 3.58. The van der Waals surface area contributed by atoms with Gasteiger partial charge in [-0.1, -0.05) is 36.3 Å². The zero-order chi connectivity index (χ0) is 21.1. The number of anilines is 1. The number of nitrogens with zero attached hydrogens (tertiary/aromatic N) is 2. The molecule has 156 valence electrons. The van der Waals surface area contributed by atoms with E-state index in [0.29, 0.717) is 18.3 Å². The highest BCUT2D eigenvalue weighted by Crippen LogP contribution is 2.37. The van der Waals surface area contributed by atoms with Crippen molar-refractivity contribution in [2.45, 2.75) is 50.4 Å². The topological polar surface area (TPSA) is 55.6 Å². The molecule has 1 aliphatic heterocycles. The van der Waals surface area contributed by atoms with Crippen molar-refractivity contribution in [1.29, 1.82) is 0 Å². The third kappa shape index (κ3) is 4.54. The van der Waals surface area contributed by atoms with Crippen LogP contribution in [0.25, 0.3) is 0 Å². The van der Waals surface area contributed by atoms with E-state index in [1.807, 2.05) is 73.0 Å². The predicted molar refractivity (Wildman–Crippen MR) is 119 cm³/mol. The summed E-state index contributed by atoms with van der Waals surface area (Å²) in [6.45, 7) is 7.18. The SMILES string of the molecule is Cc1noc(C)c1COc1ccc(CC(=O)N2CC[C@@H](C)Sc3ccccc32)cc1. The number of thioether (sulfide) groups is 1. The van der Waals surface area contributed by atoms with Gasteiger partial charge in [-0.3, -0.25) is 4.79 Å². The van der Waals surface area contributed by atoms with Crippen molar-refractivity contribution in [1.82, 2.24) is 5.16 Å². The highest BCUT2D eigenvalue weighted by Gasteiger charge is 2.24. The van der Waals surface area contributed by atoms with Crippen LogP contribution < -0.4 is 9.64 Å². The van der Waals surface area contributed by atoms with E-state index in [9.17, 15) is 4.79 Å². The summed E-state index contributed by atoms with van der Waals surface area (Å²) in [6, 6.07) is 15.9. The molecular weight excluding hydrogens is 396 g/mol. The van der Waals surface area contributed by atoms with Gasteiger partial charge >= 0.3 is 0 Å². The number of rotatable bonds is 5. The molecule has 2 aromatic carbocycles. The van der Waals surface area contributed by atoms with Crippen LogP contribution in [-0.2, 0) is 17.8 Å². The number of para-hydroxylation sites is 1. The summed E-state index contributed by atoms with van der Waals surface area (Å²) < 4.78 is 11.0. The van der Waals surface area contributed by atoms with Gasteiger partial charge in [0.05, 0.1) is 23.4 Å². The van der Waals surface area contributed by atoms with Crippen LogP contribution in [0.15, 0.2) is 57.9 Å². The van der Waals surface area contributed by atoms with Crippen molar-refractivity contribution >= 4 is 23.4 Å². The van der Waals surface area contributed by atoms with E-state index in [2.05, 4.69) is 18.1 Å². The molecule has 0 fully saturated rings. The van der Waals surface area contributed by atoms with E-state index >= 15 is 0 Å². The fourth-order valence-corrected chi connectivity index (χ4v) is 4.70. The van der Waals surface area contributed by atoms with Gasteiger partial charge in [-0.05, 0) is 50.1 Å². The molecule has 1 aliphatic rings. The number of hydrogen-bond donors (Lipinski definition) is 0. The molecule has 0 radical (unpaired) electrons. The number of carbonyl (C=O) groups is 1. The summed E-state index contributed by atoms with van der Waals surface area (Å²) in [5, 5.41) is 4.45. The summed E-state index contributed by atoms with van der Waals surface area (Å²) in [4.78, 5) is 16.2. The lowest BCUT2D eigenvalue weighted by Gasteiger charge is -2.22. The highest BCUT2D eigenvalue weighted by molar-refractivity contribution is 8.00. The maximum Gasteiger partial charge on any atom is 0.231 e. The van der Waals surface area contributed by atoms with Gasteiger partial charge in [0.25, 0.3) is 0 Å². The zero-order valence-corrected chi connectivity index (χ0v) is 18.4. The molecule has 0 unspecified atom stereocenters. The van der Waals surface area contributed by atoms with Crippen LogP contribution in [0.1, 0.15) is 35.9 Å². The molecule has 1 amide bonds. The van der Waals surface area contributed by atoms with Crippen LogP contribution in [0.5, 0.6) is 5.75 Å². The molecule has 0 aliphatic carbocycles. The van der Waals surface area contributed by atoms with Gasteiger partial charge in [-0.2, -0.15) is 0 Å². The van der Waals surface area contributed by atoms with Crippen LogP contribution >= 0.6 is 11.8 Å². The van der Waals surface area contributed by atoms with Crippen molar-refractivity contribution < 1.29 is 14.1 Å². The molecule has 6 heteroatoms. The third-order valence-corrected chi connectivity index (χ3v) is 6.62. The Kier molecular flexibility index (Phi) is 6.13. The molecule has 1 aromatic heterocycles. The van der Waals surface area contributed by atoms with Gasteiger partial charge in [0.15, 0.2) is 0 Å². The van der Waals surface area contributed by atoms with Crippen LogP contribution in [0.2, 0.25) is 0 Å². The van der Waals surface area contributed by atoms with Crippen LogP contribution in [0, 0.1) is 13.8 Å². The molecule has 4 rings (SSSR count). The first kappa shape index (κ1) is 20.5. The quantitative estimate of drug-likeness (QED) is 0.556. The molecular formula is C24H26N2O3S. The van der Waals surface area contributed by atoms with Crippen molar-refractivity contribution in [3.05, 3.63) is 71.1 Å². The lowest BCUT2D eigenvalue weighted by molar-refractivity contribution is -0.118. The minimum Gasteiger partial charge on any atom is -0.489 e. The van der Waals surface area contributed by atoms with Gasteiger partial charge in [0, 0.05) is 16.7 Å². The van der Waals surface area contributed by atoms with Gasteiger partial charge in [0.2, 0.25) is 5.91 Å². The largest absolute Gasteiger partial charge is 0.489 e. The lowest BCUT2D eigenvalue weighted by atomic mass is 10.1. The Morgan fingerprint density at radius 1 is 1.20 bits per heavy atom. The second kappa shape index (κ2) is 8.96. The Hall–Kier alpha value is -2.73. The molecule has 1 atom stereocenters. The molecule has 0 saturated heterocycles. The van der Waals surface area contributed by atoms with Crippen LogP contribution in [0.4, 0.5) is 5.69 Å². The number of benzene rings is 2. The Morgan fingerprint density at radius 2 is 1.97 bits per heavy atom. The predicted octanol–water partition coefficient (Wildman–Crippen LogP) is 5.33. The van der Waals surface area contributed by atoms with E-state index < -0.39 is 0 Å². The fraction of sp³-hybridized carbons (Fsp3) is 0.333. The number of carbonyl (C=O) groups excluding carboxylic acids is 1. The molecule has 0 saturated carbocycles. The van der Waals surface area contributed by atoms with Crippen molar-refractivity contribution in [2.24, 2.45) is 0 Å². The first-order valence-electron chi connectivity index (χ1n) is 10.2. The zero-order valence-electron chi connectivity index (χ0n) is 17.6. The Labute approximate surface area is 181 Å². The Morgan fingerprint density at radius 3 is 2.70 bits per heavy atom. The van der Waals surface area contributed by atoms with Crippen molar-refractivity contribution in [3.63, 3.8) is 0 Å². The summed E-state index contributed by atoms with van der Waals surface area (Å²) >= 11 is 1.85. The summed E-state index contributed by atoms with van der Waals surface area (Å²) in [5.74, 6) is 1.66. The van der Waals surface area contributed by atoms with E-state index in [-0.39, 0.29) is 5.91 Å². The molecule has 30 heavy (non-hydrogen) atoms. The number of ether oxygens (including phenoxy) is 1. The maximum atomic E-state index is 13.1. The van der Waals surface area contributed by atoms with Crippen LogP contribution in [0.3, 0.4) is 0 Å². The smallest absolute Gasteiger partial charge is 0.231 e. The molecule has 5 nitrogen and oxygen atoms in total. The molecule has 0 bridgehead atoms. The second-order valence-electron chi connectivity index (χ2n) is 7.64. The van der Waals surface area contributed by atoms with E-state index in [1.165, 1.54) is 4.90 Å². The number of fused-ring (bicyclic) bond motifs is 1. The number of aromatic nitrogens is 1. The van der Waals surface area contributed by atoms with Gasteiger partial charge in [0.1, 0.15) is 18.1 Å². The minimum atomic E-state index is 0.126. The van der Waals surface area contributed by atoms with Crippen molar-refractivity contribution in [2.75, 3.05) is 11.4 Å². The minimum absolute atomic E-state index is 0.126. The van der Waals surface area contributed by atoms with E-state index in [1.54, 1.807) is 0 Å². The Balaban J connectivity index is 1.41. The van der Waals surface area contributed by atoms with E-state index in [4.69, 9.17) is 9.26 Å². The first-order chi connectivity index (χ1) is 14.5. The lowest BCUT2D eigenvalue weighted by Crippen LogP contribution is -2.33. The van der Waals surface area contributed by atoms with Crippen LogP contribution in [-0.4, -0.2) is 22.9 Å². The van der Waals surface area contributed by atoms with Gasteiger partial charge in [-0.25, -0.2) is 0 Å². The normalized spacial score (nSPS) is 16.1. The molecule has 3 aromatic rings. The molecule has 2 heterocycles. The third-order valence-electron chi connectivity index (χ3n) is 5.39. The van der Waals surface area contributed by atoms with Gasteiger partial charge in [-0.15, -0.1) is 11.8 Å².